The minimum Gasteiger partial charge on any atom is -0.452 e. The molecule has 0 aliphatic rings. The lowest BCUT2D eigenvalue weighted by atomic mass is 10.8. The number of ether oxygens (including phenoxy) is 1. The van der Waals surface area contributed by atoms with Gasteiger partial charge < -0.3 is 4.74 Å². The van der Waals surface area contributed by atoms with Crippen LogP contribution in [0.4, 0.5) is 0 Å². The van der Waals surface area contributed by atoms with Crippen molar-refractivity contribution in [3.63, 3.8) is 0 Å². The molecule has 1 N–H and O–H groups in total. The van der Waals surface area contributed by atoms with Gasteiger partial charge in [0.15, 0.2) is 0 Å². The summed E-state index contributed by atoms with van der Waals surface area (Å²) in [6, 6.07) is 0. The molecule has 0 aromatic carbocycles. The molecule has 0 aliphatic carbocycles. The van der Waals surface area contributed by atoms with E-state index in [1.165, 1.54) is 0 Å². The van der Waals surface area contributed by atoms with Gasteiger partial charge in [-0.15, -0.1) is 0 Å². The number of hydrogen-bond donors (Lipinski definition) is 1. The van der Waals surface area contributed by atoms with E-state index < -0.39 is 0 Å². The Hall–Kier alpha value is -0.570. The summed E-state index contributed by atoms with van der Waals surface area (Å²) in [6.45, 7) is 3.50. The van der Waals surface area contributed by atoms with Crippen LogP contribution < -0.4 is 5.32 Å². The van der Waals surface area contributed by atoms with Crippen molar-refractivity contribution in [2.45, 2.75) is 6.92 Å². The van der Waals surface area contributed by atoms with Crippen LogP contribution in [0.25, 0.3) is 0 Å². The van der Waals surface area contributed by atoms with Crippen LogP contribution in [-0.2, 0) is 9.53 Å². The summed E-state index contributed by atoms with van der Waals surface area (Å²) in [4.78, 5) is 9.42. The fourth-order valence-electron chi connectivity index (χ4n) is 0.195. The molecule has 3 heteroatoms. The van der Waals surface area contributed by atoms with E-state index in [0.29, 0.717) is 13.2 Å². The van der Waals surface area contributed by atoms with Crippen molar-refractivity contribution < 1.29 is 9.53 Å². The summed E-state index contributed by atoms with van der Waals surface area (Å²) in [5.41, 5.74) is 0. The molecule has 0 spiro atoms. The largest absolute Gasteiger partial charge is 0.452 e. The van der Waals surface area contributed by atoms with Crippen LogP contribution in [0, 0.1) is 0 Å². The van der Waals surface area contributed by atoms with Gasteiger partial charge >= 0.3 is 0 Å². The molecular weight excluding hydrogens is 94.0 g/mol. The topological polar surface area (TPSA) is 38.3 Å². The van der Waals surface area contributed by atoms with Crippen LogP contribution in [0.2, 0.25) is 0 Å². The van der Waals surface area contributed by atoms with Crippen molar-refractivity contribution >= 4 is 6.47 Å². The van der Waals surface area contributed by atoms with Crippen molar-refractivity contribution in [3.05, 3.63) is 0 Å². The number of carbonyl (C=O) groups is 1. The smallest absolute Gasteiger partial charge is 0.294 e. The molecule has 7 heavy (non-hydrogen) atoms. The normalized spacial score (nSPS) is 8.14. The van der Waals surface area contributed by atoms with Gasteiger partial charge in [-0.05, 0) is 6.54 Å². The van der Waals surface area contributed by atoms with E-state index in [1.54, 1.807) is 0 Å². The third-order valence-electron chi connectivity index (χ3n) is 0.503. The Morgan fingerprint density at radius 3 is 3.00 bits per heavy atom. The molecule has 0 amide bonds. The number of nitrogens with one attached hydrogen (secondary N) is 1. The Kier molecular flexibility index (Phi) is 4.99. The molecule has 42 valence electrons. The van der Waals surface area contributed by atoms with E-state index in [0.717, 1.165) is 6.54 Å². The average Bonchev–Trinajstić information content (AvgIpc) is 1.69. The minimum atomic E-state index is 0.319. The predicted octanol–water partition coefficient (Wildman–Crippen LogP) is -0.274. The Morgan fingerprint density at radius 1 is 1.86 bits per heavy atom. The third-order valence-corrected chi connectivity index (χ3v) is 0.503. The lowest BCUT2D eigenvalue weighted by Gasteiger charge is -1.94. The van der Waals surface area contributed by atoms with Gasteiger partial charge in [-0.2, -0.15) is 0 Å². The van der Waals surface area contributed by atoms with Gasteiger partial charge in [-0.1, -0.05) is 6.92 Å². The highest BCUT2D eigenvalue weighted by molar-refractivity contribution is 5.36. The van der Waals surface area contributed by atoms with Gasteiger partial charge in [-0.25, -0.2) is 0 Å². The molecule has 0 aromatic heterocycles. The summed E-state index contributed by atoms with van der Waals surface area (Å²) in [5.74, 6) is 0. The minimum absolute atomic E-state index is 0.319. The van der Waals surface area contributed by atoms with Gasteiger partial charge in [0.2, 0.25) is 0 Å². The highest BCUT2D eigenvalue weighted by Gasteiger charge is 1.74. The first kappa shape index (κ1) is 6.43. The van der Waals surface area contributed by atoms with E-state index in [4.69, 9.17) is 0 Å². The van der Waals surface area contributed by atoms with Gasteiger partial charge in [0, 0.05) is 0 Å². The maximum atomic E-state index is 9.42. The zero-order valence-electron chi connectivity index (χ0n) is 4.31. The highest BCUT2D eigenvalue weighted by atomic mass is 16.5. The predicted molar refractivity (Wildman–Crippen MR) is 25.7 cm³/mol. The van der Waals surface area contributed by atoms with Crippen LogP contribution in [0.3, 0.4) is 0 Å². The molecule has 0 unspecified atom stereocenters. The first-order valence-electron chi connectivity index (χ1n) is 2.17. The zero-order valence-corrected chi connectivity index (χ0v) is 4.31. The second-order valence-corrected chi connectivity index (χ2v) is 1.01. The van der Waals surface area contributed by atoms with Crippen LogP contribution in [0.15, 0.2) is 0 Å². The Labute approximate surface area is 42.7 Å². The molecule has 0 saturated heterocycles. The molecular formula is C4H9NO2. The Bertz CT molecular complexity index is 47.0. The van der Waals surface area contributed by atoms with Crippen molar-refractivity contribution in [2.75, 3.05) is 13.3 Å². The second kappa shape index (κ2) is 5.43. The molecule has 0 aromatic rings. The van der Waals surface area contributed by atoms with E-state index in [-0.39, 0.29) is 0 Å². The van der Waals surface area contributed by atoms with Crippen LogP contribution in [0.1, 0.15) is 6.92 Å². The standard InChI is InChI=1S/C4H9NO2/c1-2-5-3-7-4-6/h4-5H,2-3H2,1H3. The maximum absolute atomic E-state index is 9.42. The van der Waals surface area contributed by atoms with Crippen LogP contribution >= 0.6 is 0 Å². The zero-order chi connectivity index (χ0) is 5.54. The van der Waals surface area contributed by atoms with E-state index in [9.17, 15) is 4.79 Å². The number of carbonyl (C=O) groups excluding carboxylic acids is 1. The van der Waals surface area contributed by atoms with E-state index in [1.807, 2.05) is 6.92 Å². The van der Waals surface area contributed by atoms with Crippen molar-refractivity contribution in [1.29, 1.82) is 0 Å². The molecule has 0 rings (SSSR count). The quantitative estimate of drug-likeness (QED) is 0.302. The highest BCUT2D eigenvalue weighted by Crippen LogP contribution is 1.57. The molecule has 0 radical (unpaired) electrons. The molecule has 0 bridgehead atoms. The fraction of sp³-hybridized carbons (Fsp3) is 0.750. The maximum Gasteiger partial charge on any atom is 0.294 e. The first-order valence-corrected chi connectivity index (χ1v) is 2.17. The third kappa shape index (κ3) is 5.43. The summed E-state index contributed by atoms with van der Waals surface area (Å²) in [5, 5.41) is 2.80. The molecule has 0 heterocycles. The van der Waals surface area contributed by atoms with Crippen molar-refractivity contribution in [2.24, 2.45) is 0 Å². The fourth-order valence-corrected chi connectivity index (χ4v) is 0.195. The Balaban J connectivity index is 2.56. The summed E-state index contributed by atoms with van der Waals surface area (Å²) >= 11 is 0. The summed E-state index contributed by atoms with van der Waals surface area (Å²) in [7, 11) is 0. The van der Waals surface area contributed by atoms with Crippen molar-refractivity contribution in [3.8, 4) is 0 Å². The second-order valence-electron chi connectivity index (χ2n) is 1.01. The van der Waals surface area contributed by atoms with Crippen LogP contribution in [0.5, 0.6) is 0 Å². The molecule has 0 saturated carbocycles. The lowest BCUT2D eigenvalue weighted by Crippen LogP contribution is -2.15. The van der Waals surface area contributed by atoms with E-state index in [2.05, 4.69) is 10.1 Å². The van der Waals surface area contributed by atoms with Gasteiger partial charge in [-0.3, -0.25) is 10.1 Å². The molecule has 0 atom stereocenters. The summed E-state index contributed by atoms with van der Waals surface area (Å²) < 4.78 is 4.28. The summed E-state index contributed by atoms with van der Waals surface area (Å²) in [6.07, 6.45) is 0. The molecule has 3 nitrogen and oxygen atoms in total. The van der Waals surface area contributed by atoms with Gasteiger partial charge in [0.25, 0.3) is 6.47 Å². The Morgan fingerprint density at radius 2 is 2.57 bits per heavy atom. The molecule has 0 fully saturated rings. The number of rotatable bonds is 4. The average molecular weight is 103 g/mol. The SMILES string of the molecule is CCNCOC=O. The van der Waals surface area contributed by atoms with Gasteiger partial charge in [0.05, 0.1) is 0 Å². The van der Waals surface area contributed by atoms with Gasteiger partial charge in [0.1, 0.15) is 6.73 Å². The van der Waals surface area contributed by atoms with Crippen molar-refractivity contribution in [1.82, 2.24) is 5.32 Å². The van der Waals surface area contributed by atoms with Crippen LogP contribution in [-0.4, -0.2) is 19.7 Å². The first-order chi connectivity index (χ1) is 3.41. The molecule has 0 aliphatic heterocycles. The number of hydrogen-bond acceptors (Lipinski definition) is 3. The lowest BCUT2D eigenvalue weighted by molar-refractivity contribution is -0.129. The monoisotopic (exact) mass is 103 g/mol. The van der Waals surface area contributed by atoms with E-state index >= 15 is 0 Å².